The second kappa shape index (κ2) is 3.41. The van der Waals surface area contributed by atoms with Gasteiger partial charge in [-0.25, -0.2) is 0 Å². The van der Waals surface area contributed by atoms with Gasteiger partial charge in [0, 0.05) is 17.5 Å². The third kappa shape index (κ3) is 1.25. The van der Waals surface area contributed by atoms with E-state index in [0.29, 0.717) is 29.8 Å². The molecular formula is C16H17NO2. The summed E-state index contributed by atoms with van der Waals surface area (Å²) in [4.78, 5) is 2.08. The average Bonchev–Trinajstić information content (AvgIpc) is 2.95. The predicted octanol–water partition coefficient (Wildman–Crippen LogP) is 1.99. The van der Waals surface area contributed by atoms with Crippen molar-refractivity contribution in [3.8, 4) is 0 Å². The van der Waals surface area contributed by atoms with Gasteiger partial charge in [0.1, 0.15) is 12.3 Å². The van der Waals surface area contributed by atoms with Crippen molar-refractivity contribution in [1.82, 2.24) is 0 Å². The number of piperidine rings is 1. The summed E-state index contributed by atoms with van der Waals surface area (Å²) in [5.41, 5.74) is 1.08. The number of anilines is 1. The summed E-state index contributed by atoms with van der Waals surface area (Å²) in [6, 6.07) is 10.2. The van der Waals surface area contributed by atoms with Crippen molar-refractivity contribution in [2.24, 2.45) is 23.7 Å². The lowest BCUT2D eigenvalue weighted by Crippen LogP contribution is -2.52. The van der Waals surface area contributed by atoms with Gasteiger partial charge in [0.25, 0.3) is 0 Å². The van der Waals surface area contributed by atoms with Gasteiger partial charge in [-0.15, -0.1) is 0 Å². The van der Waals surface area contributed by atoms with Crippen LogP contribution in [-0.4, -0.2) is 23.7 Å². The number of ether oxygens (including phenoxy) is 1. The fourth-order valence-corrected chi connectivity index (χ4v) is 4.64. The van der Waals surface area contributed by atoms with E-state index in [2.05, 4.69) is 29.2 Å². The first-order chi connectivity index (χ1) is 9.34. The molecule has 2 aliphatic heterocycles. The summed E-state index contributed by atoms with van der Waals surface area (Å²) in [5.74, 6) is 2.06. The number of rotatable bonds is 1. The van der Waals surface area contributed by atoms with Crippen LogP contribution in [0.3, 0.4) is 0 Å². The molecular weight excluding hydrogens is 238 g/mol. The van der Waals surface area contributed by atoms with Crippen LogP contribution in [0.15, 0.2) is 42.5 Å². The maximum absolute atomic E-state index is 10.8. The van der Waals surface area contributed by atoms with Crippen LogP contribution in [-0.2, 0) is 4.74 Å². The predicted molar refractivity (Wildman–Crippen MR) is 71.3 cm³/mol. The number of aliphatic hydroxyl groups is 1. The Morgan fingerprint density at radius 3 is 2.58 bits per heavy atom. The molecule has 98 valence electrons. The van der Waals surface area contributed by atoms with E-state index < -0.39 is 6.23 Å². The molecule has 3 nitrogen and oxygen atoms in total. The highest BCUT2D eigenvalue weighted by Crippen LogP contribution is 2.59. The third-order valence-corrected chi connectivity index (χ3v) is 5.42. The van der Waals surface area contributed by atoms with Crippen LogP contribution >= 0.6 is 0 Å². The molecule has 0 aromatic heterocycles. The normalized spacial score (nSPS) is 49.1. The molecule has 0 spiro atoms. The lowest BCUT2D eigenvalue weighted by atomic mass is 9.76. The van der Waals surface area contributed by atoms with Gasteiger partial charge < -0.3 is 14.7 Å². The Bertz CT molecular complexity index is 543. The Hall–Kier alpha value is -1.32. The van der Waals surface area contributed by atoms with Crippen LogP contribution in [0.25, 0.3) is 0 Å². The Balaban J connectivity index is 1.55. The zero-order valence-electron chi connectivity index (χ0n) is 10.6. The molecule has 7 unspecified atom stereocenters. The lowest BCUT2D eigenvalue weighted by Gasteiger charge is -2.41. The number of epoxide rings is 1. The monoisotopic (exact) mass is 255 g/mol. The molecule has 5 rings (SSSR count). The summed E-state index contributed by atoms with van der Waals surface area (Å²) < 4.78 is 5.91. The molecule has 3 fully saturated rings. The quantitative estimate of drug-likeness (QED) is 0.616. The number of nitrogens with zero attached hydrogens (tertiary/aromatic N) is 1. The van der Waals surface area contributed by atoms with Gasteiger partial charge in [0.15, 0.2) is 6.23 Å². The number of allylic oxidation sites excluding steroid dienone is 2. The fraction of sp³-hybridized carbons (Fsp3) is 0.500. The Morgan fingerprint density at radius 1 is 1.05 bits per heavy atom. The Labute approximate surface area is 112 Å². The first-order valence-corrected chi connectivity index (χ1v) is 7.20. The van der Waals surface area contributed by atoms with Crippen LogP contribution in [0.5, 0.6) is 0 Å². The summed E-state index contributed by atoms with van der Waals surface area (Å²) in [5, 5.41) is 10.8. The number of hydrogen-bond acceptors (Lipinski definition) is 3. The molecule has 1 aromatic carbocycles. The Kier molecular flexibility index (Phi) is 1.88. The number of aliphatic hydroxyl groups excluding tert-OH is 1. The SMILES string of the molecule is OC1C2C3C=CC(C3)C2C2OC2N1c1ccccc1. The highest BCUT2D eigenvalue weighted by atomic mass is 16.6. The molecule has 7 atom stereocenters. The Morgan fingerprint density at radius 2 is 1.79 bits per heavy atom. The molecule has 19 heavy (non-hydrogen) atoms. The van der Waals surface area contributed by atoms with Crippen molar-refractivity contribution in [3.63, 3.8) is 0 Å². The number of fused-ring (bicyclic) bond motifs is 7. The summed E-state index contributed by atoms with van der Waals surface area (Å²) in [6.45, 7) is 0. The van der Waals surface area contributed by atoms with E-state index >= 15 is 0 Å². The first-order valence-electron chi connectivity index (χ1n) is 7.20. The van der Waals surface area contributed by atoms with Crippen LogP contribution in [0.1, 0.15) is 6.42 Å². The van der Waals surface area contributed by atoms with Crippen LogP contribution in [0, 0.1) is 23.7 Å². The molecule has 0 amide bonds. The van der Waals surface area contributed by atoms with Gasteiger partial charge >= 0.3 is 0 Å². The second-order valence-corrected chi connectivity index (χ2v) is 6.25. The van der Waals surface area contributed by atoms with E-state index in [1.54, 1.807) is 0 Å². The molecule has 1 aromatic rings. The first kappa shape index (κ1) is 10.5. The molecule has 1 saturated carbocycles. The van der Waals surface area contributed by atoms with E-state index in [4.69, 9.17) is 4.74 Å². The average molecular weight is 255 g/mol. The summed E-state index contributed by atoms with van der Waals surface area (Å²) in [7, 11) is 0. The molecule has 3 heteroatoms. The van der Waals surface area contributed by atoms with Crippen molar-refractivity contribution in [3.05, 3.63) is 42.5 Å². The molecule has 2 heterocycles. The van der Waals surface area contributed by atoms with Gasteiger partial charge in [-0.2, -0.15) is 0 Å². The number of hydrogen-bond donors (Lipinski definition) is 1. The minimum atomic E-state index is -0.406. The lowest BCUT2D eigenvalue weighted by molar-refractivity contribution is 0.0424. The van der Waals surface area contributed by atoms with Gasteiger partial charge in [-0.3, -0.25) is 0 Å². The van der Waals surface area contributed by atoms with Gasteiger partial charge in [0.2, 0.25) is 0 Å². The van der Waals surface area contributed by atoms with Crippen molar-refractivity contribution in [1.29, 1.82) is 0 Å². The highest BCUT2D eigenvalue weighted by Gasteiger charge is 2.65. The third-order valence-electron chi connectivity index (χ3n) is 5.42. The number of benzene rings is 1. The molecule has 0 radical (unpaired) electrons. The minimum absolute atomic E-state index is 0.0893. The molecule has 2 aliphatic carbocycles. The molecule has 4 aliphatic rings. The molecule has 2 saturated heterocycles. The highest BCUT2D eigenvalue weighted by molar-refractivity contribution is 5.50. The summed E-state index contributed by atoms with van der Waals surface area (Å²) >= 11 is 0. The van der Waals surface area contributed by atoms with Gasteiger partial charge in [-0.05, 0) is 30.4 Å². The van der Waals surface area contributed by atoms with Crippen molar-refractivity contribution in [2.45, 2.75) is 25.0 Å². The summed E-state index contributed by atoms with van der Waals surface area (Å²) in [6.07, 6.45) is 5.87. The van der Waals surface area contributed by atoms with E-state index in [9.17, 15) is 5.11 Å². The molecule has 1 N–H and O–H groups in total. The van der Waals surface area contributed by atoms with Crippen molar-refractivity contribution >= 4 is 5.69 Å². The zero-order chi connectivity index (χ0) is 12.6. The van der Waals surface area contributed by atoms with Crippen LogP contribution in [0.2, 0.25) is 0 Å². The van der Waals surface area contributed by atoms with Gasteiger partial charge in [0.05, 0.1) is 0 Å². The van der Waals surface area contributed by atoms with E-state index in [1.807, 2.05) is 18.2 Å². The topological polar surface area (TPSA) is 36.0 Å². The number of para-hydroxylation sites is 1. The minimum Gasteiger partial charge on any atom is -0.373 e. The smallest absolute Gasteiger partial charge is 0.159 e. The van der Waals surface area contributed by atoms with E-state index in [1.165, 1.54) is 6.42 Å². The standard InChI is InChI=1S/C16H17NO2/c18-15-13-10-7-6-9(8-10)12(13)14-16(19-14)17(15)11-4-2-1-3-5-11/h1-7,9-10,12-16,18H,8H2. The molecule has 2 bridgehead atoms. The zero-order valence-corrected chi connectivity index (χ0v) is 10.6. The van der Waals surface area contributed by atoms with Gasteiger partial charge in [-0.1, -0.05) is 30.4 Å². The van der Waals surface area contributed by atoms with E-state index in [0.717, 1.165) is 5.69 Å². The second-order valence-electron chi connectivity index (χ2n) is 6.25. The fourth-order valence-electron chi connectivity index (χ4n) is 4.64. The maximum atomic E-state index is 10.8. The van der Waals surface area contributed by atoms with Crippen molar-refractivity contribution in [2.75, 3.05) is 4.90 Å². The van der Waals surface area contributed by atoms with E-state index in [-0.39, 0.29) is 6.23 Å². The maximum Gasteiger partial charge on any atom is 0.159 e. The van der Waals surface area contributed by atoms with Crippen molar-refractivity contribution < 1.29 is 9.84 Å². The van der Waals surface area contributed by atoms with Crippen LogP contribution < -0.4 is 4.90 Å². The largest absolute Gasteiger partial charge is 0.373 e. The van der Waals surface area contributed by atoms with Crippen LogP contribution in [0.4, 0.5) is 5.69 Å².